The average Bonchev–Trinajstić information content (AvgIpc) is 3.01. The molecule has 1 amide bonds. The van der Waals surface area contributed by atoms with Gasteiger partial charge in [-0.2, -0.15) is 5.10 Å². The summed E-state index contributed by atoms with van der Waals surface area (Å²) in [6, 6.07) is 9.59. The van der Waals surface area contributed by atoms with Crippen LogP contribution < -0.4 is 5.32 Å². The number of aliphatic carboxylic acids is 1. The van der Waals surface area contributed by atoms with E-state index in [1.165, 1.54) is 10.9 Å². The standard InChI is InChI=1S/C18H21N3O4/c1-12-4-6-13(7-5-12)17-14(3-2-10-25-17)18(24)19-15-8-9-21(20-15)11-16(22)23/h4-9,14,17H,2-3,10-11H2,1H3,(H,22,23)(H,19,20,24)/t14-,17-/m0/s1. The van der Waals surface area contributed by atoms with Crippen molar-refractivity contribution < 1.29 is 19.4 Å². The molecule has 2 atom stereocenters. The molecule has 1 saturated heterocycles. The number of benzene rings is 1. The molecule has 0 radical (unpaired) electrons. The summed E-state index contributed by atoms with van der Waals surface area (Å²) in [5.41, 5.74) is 2.14. The zero-order valence-corrected chi connectivity index (χ0v) is 14.0. The lowest BCUT2D eigenvalue weighted by molar-refractivity contribution is -0.137. The van der Waals surface area contributed by atoms with Crippen LogP contribution >= 0.6 is 0 Å². The van der Waals surface area contributed by atoms with Crippen molar-refractivity contribution >= 4 is 17.7 Å². The van der Waals surface area contributed by atoms with Crippen molar-refractivity contribution in [3.05, 3.63) is 47.7 Å². The fourth-order valence-electron chi connectivity index (χ4n) is 3.01. The molecule has 1 aliphatic heterocycles. The number of aromatic nitrogens is 2. The minimum absolute atomic E-state index is 0.161. The van der Waals surface area contributed by atoms with E-state index in [1.54, 1.807) is 6.07 Å². The first kappa shape index (κ1) is 17.2. The first-order valence-electron chi connectivity index (χ1n) is 8.27. The van der Waals surface area contributed by atoms with Crippen molar-refractivity contribution in [2.75, 3.05) is 11.9 Å². The minimum atomic E-state index is -0.985. The Balaban J connectivity index is 1.71. The number of carboxylic acids is 1. The van der Waals surface area contributed by atoms with Gasteiger partial charge < -0.3 is 15.2 Å². The van der Waals surface area contributed by atoms with Gasteiger partial charge in [0.2, 0.25) is 5.91 Å². The molecule has 0 unspecified atom stereocenters. The van der Waals surface area contributed by atoms with E-state index in [4.69, 9.17) is 9.84 Å². The van der Waals surface area contributed by atoms with Crippen LogP contribution in [0.25, 0.3) is 0 Å². The number of hydrogen-bond donors (Lipinski definition) is 2. The van der Waals surface area contributed by atoms with Crippen LogP contribution in [0.3, 0.4) is 0 Å². The Morgan fingerprint density at radius 2 is 2.08 bits per heavy atom. The third kappa shape index (κ3) is 4.24. The largest absolute Gasteiger partial charge is 0.480 e. The first-order valence-corrected chi connectivity index (χ1v) is 8.27. The number of carbonyl (C=O) groups is 2. The molecule has 0 aliphatic carbocycles. The maximum absolute atomic E-state index is 12.7. The Hall–Kier alpha value is -2.67. The maximum atomic E-state index is 12.7. The molecule has 2 aromatic rings. The number of aryl methyl sites for hydroxylation is 1. The van der Waals surface area contributed by atoms with E-state index in [0.29, 0.717) is 12.4 Å². The summed E-state index contributed by atoms with van der Waals surface area (Å²) in [6.45, 7) is 2.41. The number of anilines is 1. The fraction of sp³-hybridized carbons (Fsp3) is 0.389. The monoisotopic (exact) mass is 343 g/mol. The van der Waals surface area contributed by atoms with Gasteiger partial charge in [-0.25, -0.2) is 0 Å². The molecule has 0 saturated carbocycles. The zero-order valence-electron chi connectivity index (χ0n) is 14.0. The van der Waals surface area contributed by atoms with Crippen molar-refractivity contribution in [2.45, 2.75) is 32.4 Å². The van der Waals surface area contributed by atoms with Gasteiger partial charge in [-0.15, -0.1) is 0 Å². The summed E-state index contributed by atoms with van der Waals surface area (Å²) >= 11 is 0. The highest BCUT2D eigenvalue weighted by atomic mass is 16.5. The lowest BCUT2D eigenvalue weighted by atomic mass is 9.88. The number of nitrogens with one attached hydrogen (secondary N) is 1. The predicted molar refractivity (Wildman–Crippen MR) is 91.1 cm³/mol. The molecule has 1 aromatic heterocycles. The first-order chi connectivity index (χ1) is 12.0. The molecule has 132 valence electrons. The van der Waals surface area contributed by atoms with Crippen LogP contribution in [0.1, 0.15) is 30.1 Å². The van der Waals surface area contributed by atoms with Gasteiger partial charge in [-0.3, -0.25) is 14.3 Å². The third-order valence-corrected chi connectivity index (χ3v) is 4.25. The van der Waals surface area contributed by atoms with Gasteiger partial charge >= 0.3 is 5.97 Å². The van der Waals surface area contributed by atoms with Gasteiger partial charge in [0.25, 0.3) is 0 Å². The zero-order chi connectivity index (χ0) is 17.8. The Kier molecular flexibility index (Phi) is 5.14. The maximum Gasteiger partial charge on any atom is 0.325 e. The highest BCUT2D eigenvalue weighted by Crippen LogP contribution is 2.34. The smallest absolute Gasteiger partial charge is 0.325 e. The number of nitrogens with zero attached hydrogens (tertiary/aromatic N) is 2. The van der Waals surface area contributed by atoms with Crippen molar-refractivity contribution in [3.8, 4) is 0 Å². The number of hydrogen-bond acceptors (Lipinski definition) is 4. The van der Waals surface area contributed by atoms with E-state index in [9.17, 15) is 9.59 Å². The van der Waals surface area contributed by atoms with Crippen molar-refractivity contribution in [3.63, 3.8) is 0 Å². The summed E-state index contributed by atoms with van der Waals surface area (Å²) in [7, 11) is 0. The predicted octanol–water partition coefficient (Wildman–Crippen LogP) is 2.38. The van der Waals surface area contributed by atoms with Crippen LogP contribution in [0, 0.1) is 12.8 Å². The molecular formula is C18H21N3O4. The van der Waals surface area contributed by atoms with E-state index in [-0.39, 0.29) is 24.5 Å². The van der Waals surface area contributed by atoms with Gasteiger partial charge in [0, 0.05) is 18.9 Å². The van der Waals surface area contributed by atoms with Crippen LogP contribution in [0.5, 0.6) is 0 Å². The summed E-state index contributed by atoms with van der Waals surface area (Å²) in [4.78, 5) is 23.4. The minimum Gasteiger partial charge on any atom is -0.480 e. The SMILES string of the molecule is Cc1ccc([C@@H]2OCCC[C@@H]2C(=O)Nc2ccn(CC(=O)O)n2)cc1. The summed E-state index contributed by atoms with van der Waals surface area (Å²) in [6.07, 6.45) is 2.81. The van der Waals surface area contributed by atoms with Crippen molar-refractivity contribution in [2.24, 2.45) is 5.92 Å². The second-order valence-electron chi connectivity index (χ2n) is 6.23. The summed E-state index contributed by atoms with van der Waals surface area (Å²) in [5.74, 6) is -1.10. The fourth-order valence-corrected chi connectivity index (χ4v) is 3.01. The summed E-state index contributed by atoms with van der Waals surface area (Å²) < 4.78 is 7.14. The Morgan fingerprint density at radius 1 is 1.32 bits per heavy atom. The normalized spacial score (nSPS) is 20.2. The average molecular weight is 343 g/mol. The van der Waals surface area contributed by atoms with Crippen LogP contribution in [0.4, 0.5) is 5.82 Å². The molecule has 1 aromatic carbocycles. The molecule has 2 heterocycles. The molecule has 1 fully saturated rings. The highest BCUT2D eigenvalue weighted by Gasteiger charge is 2.33. The number of carboxylic acid groups (broad SMARTS) is 1. The van der Waals surface area contributed by atoms with Gasteiger partial charge in [-0.05, 0) is 25.3 Å². The van der Waals surface area contributed by atoms with E-state index in [1.807, 2.05) is 31.2 Å². The Labute approximate surface area is 145 Å². The Morgan fingerprint density at radius 3 is 2.80 bits per heavy atom. The molecule has 7 nitrogen and oxygen atoms in total. The van der Waals surface area contributed by atoms with Gasteiger partial charge in [0.1, 0.15) is 6.54 Å². The van der Waals surface area contributed by atoms with Gasteiger partial charge in [0.15, 0.2) is 5.82 Å². The van der Waals surface area contributed by atoms with Crippen LogP contribution in [0.15, 0.2) is 36.5 Å². The van der Waals surface area contributed by atoms with E-state index in [0.717, 1.165) is 24.0 Å². The topological polar surface area (TPSA) is 93.5 Å². The molecular weight excluding hydrogens is 322 g/mol. The molecule has 1 aliphatic rings. The van der Waals surface area contributed by atoms with E-state index in [2.05, 4.69) is 10.4 Å². The number of amides is 1. The number of ether oxygens (including phenoxy) is 1. The third-order valence-electron chi connectivity index (χ3n) is 4.25. The molecule has 7 heteroatoms. The molecule has 0 spiro atoms. The number of carbonyl (C=O) groups excluding carboxylic acids is 1. The van der Waals surface area contributed by atoms with E-state index >= 15 is 0 Å². The van der Waals surface area contributed by atoms with Crippen molar-refractivity contribution in [1.29, 1.82) is 0 Å². The second-order valence-corrected chi connectivity index (χ2v) is 6.23. The van der Waals surface area contributed by atoms with Crippen LogP contribution in [0.2, 0.25) is 0 Å². The second kappa shape index (κ2) is 7.48. The van der Waals surface area contributed by atoms with Crippen LogP contribution in [-0.4, -0.2) is 33.4 Å². The molecule has 25 heavy (non-hydrogen) atoms. The Bertz CT molecular complexity index is 754. The lowest BCUT2D eigenvalue weighted by Gasteiger charge is -2.31. The quantitative estimate of drug-likeness (QED) is 0.869. The van der Waals surface area contributed by atoms with E-state index < -0.39 is 5.97 Å². The molecule has 3 rings (SSSR count). The van der Waals surface area contributed by atoms with Crippen LogP contribution in [-0.2, 0) is 20.9 Å². The molecule has 0 bridgehead atoms. The lowest BCUT2D eigenvalue weighted by Crippen LogP contribution is -2.33. The molecule has 2 N–H and O–H groups in total. The van der Waals surface area contributed by atoms with Crippen molar-refractivity contribution in [1.82, 2.24) is 9.78 Å². The van der Waals surface area contributed by atoms with Gasteiger partial charge in [0.05, 0.1) is 12.0 Å². The summed E-state index contributed by atoms with van der Waals surface area (Å²) in [5, 5.41) is 15.6. The van der Waals surface area contributed by atoms with Gasteiger partial charge in [-0.1, -0.05) is 29.8 Å². The number of rotatable bonds is 5. The highest BCUT2D eigenvalue weighted by molar-refractivity contribution is 5.92.